The largest absolute Gasteiger partial charge is 0.383 e. The van der Waals surface area contributed by atoms with Crippen molar-refractivity contribution < 1.29 is 9.66 Å². The average Bonchev–Trinajstić information content (AvgIpc) is 2.33. The smallest absolute Gasteiger partial charge is 0.273 e. The molecule has 0 aromatic heterocycles. The standard InChI is InChI=1S/C13H19ClN2O3/c1-9(2)12(8-19-3)15-7-10-6-11(14)4-5-13(10)16(17)18/h4-6,9,12,15H,7-8H2,1-3H3. The van der Waals surface area contributed by atoms with E-state index in [-0.39, 0.29) is 11.7 Å². The second kappa shape index (κ2) is 7.43. The first-order valence-corrected chi connectivity index (χ1v) is 6.48. The predicted octanol–water partition coefficient (Wildman–Crippen LogP) is 3.01. The SMILES string of the molecule is COCC(NCc1cc(Cl)ccc1[N+](=O)[O-])C(C)C. The maximum Gasteiger partial charge on any atom is 0.273 e. The highest BCUT2D eigenvalue weighted by atomic mass is 35.5. The fourth-order valence-corrected chi connectivity index (χ4v) is 1.98. The summed E-state index contributed by atoms with van der Waals surface area (Å²) >= 11 is 5.89. The Labute approximate surface area is 118 Å². The van der Waals surface area contributed by atoms with Gasteiger partial charge in [-0.2, -0.15) is 0 Å². The molecule has 0 saturated carbocycles. The van der Waals surface area contributed by atoms with Crippen LogP contribution in [0.2, 0.25) is 5.02 Å². The van der Waals surface area contributed by atoms with Crippen molar-refractivity contribution in [3.63, 3.8) is 0 Å². The minimum Gasteiger partial charge on any atom is -0.383 e. The third-order valence-electron chi connectivity index (χ3n) is 2.94. The van der Waals surface area contributed by atoms with Crippen LogP contribution < -0.4 is 5.32 Å². The van der Waals surface area contributed by atoms with Crippen LogP contribution in [0.4, 0.5) is 5.69 Å². The van der Waals surface area contributed by atoms with Crippen molar-refractivity contribution in [2.75, 3.05) is 13.7 Å². The summed E-state index contributed by atoms with van der Waals surface area (Å²) in [5.41, 5.74) is 0.663. The summed E-state index contributed by atoms with van der Waals surface area (Å²) in [6.07, 6.45) is 0. The summed E-state index contributed by atoms with van der Waals surface area (Å²) in [5, 5.41) is 14.7. The van der Waals surface area contributed by atoms with E-state index in [9.17, 15) is 10.1 Å². The zero-order chi connectivity index (χ0) is 14.4. The number of nitro benzene ring substituents is 1. The van der Waals surface area contributed by atoms with Crippen molar-refractivity contribution in [2.24, 2.45) is 5.92 Å². The van der Waals surface area contributed by atoms with E-state index in [0.717, 1.165) is 0 Å². The number of nitrogens with one attached hydrogen (secondary N) is 1. The Bertz CT molecular complexity index is 438. The molecule has 1 N–H and O–H groups in total. The Hall–Kier alpha value is -1.17. The fourth-order valence-electron chi connectivity index (χ4n) is 1.78. The molecule has 0 saturated heterocycles. The first-order valence-electron chi connectivity index (χ1n) is 6.10. The number of nitrogens with zero attached hydrogens (tertiary/aromatic N) is 1. The summed E-state index contributed by atoms with van der Waals surface area (Å²) in [6, 6.07) is 4.72. The molecule has 106 valence electrons. The van der Waals surface area contributed by atoms with Crippen molar-refractivity contribution >= 4 is 17.3 Å². The van der Waals surface area contributed by atoms with Gasteiger partial charge in [0, 0.05) is 36.3 Å². The minimum atomic E-state index is -0.395. The monoisotopic (exact) mass is 286 g/mol. The second-order valence-electron chi connectivity index (χ2n) is 4.72. The predicted molar refractivity (Wildman–Crippen MR) is 75.4 cm³/mol. The molecular weight excluding hydrogens is 268 g/mol. The van der Waals surface area contributed by atoms with Gasteiger partial charge in [-0.25, -0.2) is 0 Å². The number of rotatable bonds is 7. The van der Waals surface area contributed by atoms with Gasteiger partial charge in [0.05, 0.1) is 11.5 Å². The van der Waals surface area contributed by atoms with Gasteiger partial charge < -0.3 is 10.1 Å². The number of hydrogen-bond donors (Lipinski definition) is 1. The number of hydrogen-bond acceptors (Lipinski definition) is 4. The number of benzene rings is 1. The molecule has 6 heteroatoms. The van der Waals surface area contributed by atoms with Gasteiger partial charge in [-0.3, -0.25) is 10.1 Å². The van der Waals surface area contributed by atoms with Gasteiger partial charge in [0.25, 0.3) is 5.69 Å². The molecule has 19 heavy (non-hydrogen) atoms. The molecule has 1 atom stereocenters. The Kier molecular flexibility index (Phi) is 6.21. The molecule has 1 unspecified atom stereocenters. The van der Waals surface area contributed by atoms with Gasteiger partial charge in [0.15, 0.2) is 0 Å². The van der Waals surface area contributed by atoms with E-state index in [1.165, 1.54) is 12.1 Å². The second-order valence-corrected chi connectivity index (χ2v) is 5.15. The zero-order valence-electron chi connectivity index (χ0n) is 11.4. The molecule has 0 heterocycles. The van der Waals surface area contributed by atoms with Crippen molar-refractivity contribution in [1.29, 1.82) is 0 Å². The zero-order valence-corrected chi connectivity index (χ0v) is 12.1. The van der Waals surface area contributed by atoms with E-state index in [0.29, 0.717) is 29.7 Å². The first kappa shape index (κ1) is 15.9. The van der Waals surface area contributed by atoms with Crippen LogP contribution in [0.3, 0.4) is 0 Å². The molecule has 0 aliphatic heterocycles. The first-order chi connectivity index (χ1) is 8.95. The van der Waals surface area contributed by atoms with Crippen LogP contribution in [0.1, 0.15) is 19.4 Å². The van der Waals surface area contributed by atoms with E-state index in [4.69, 9.17) is 16.3 Å². The molecule has 0 aliphatic carbocycles. The van der Waals surface area contributed by atoms with E-state index in [1.54, 1.807) is 13.2 Å². The Balaban J connectivity index is 2.80. The molecule has 0 fully saturated rings. The molecule has 1 rings (SSSR count). The minimum absolute atomic E-state index is 0.0804. The van der Waals surface area contributed by atoms with Crippen molar-refractivity contribution in [3.8, 4) is 0 Å². The van der Waals surface area contributed by atoms with Crippen LogP contribution >= 0.6 is 11.6 Å². The van der Waals surface area contributed by atoms with Gasteiger partial charge in [0.1, 0.15) is 0 Å². The Morgan fingerprint density at radius 1 is 1.47 bits per heavy atom. The van der Waals surface area contributed by atoms with Crippen LogP contribution in [0.15, 0.2) is 18.2 Å². The molecular formula is C13H19ClN2O3. The lowest BCUT2D eigenvalue weighted by Gasteiger charge is -2.21. The van der Waals surface area contributed by atoms with Crippen LogP contribution in [0, 0.1) is 16.0 Å². The van der Waals surface area contributed by atoms with Crippen LogP contribution in [-0.2, 0) is 11.3 Å². The highest BCUT2D eigenvalue weighted by Crippen LogP contribution is 2.22. The normalized spacial score (nSPS) is 12.7. The van der Waals surface area contributed by atoms with Gasteiger partial charge in [-0.05, 0) is 18.1 Å². The van der Waals surface area contributed by atoms with Crippen LogP contribution in [0.25, 0.3) is 0 Å². The summed E-state index contributed by atoms with van der Waals surface area (Å²) < 4.78 is 5.13. The lowest BCUT2D eigenvalue weighted by Crippen LogP contribution is -2.37. The Morgan fingerprint density at radius 2 is 2.16 bits per heavy atom. The Morgan fingerprint density at radius 3 is 2.68 bits per heavy atom. The number of halogens is 1. The van der Waals surface area contributed by atoms with Gasteiger partial charge in [-0.15, -0.1) is 0 Å². The third-order valence-corrected chi connectivity index (χ3v) is 3.18. The van der Waals surface area contributed by atoms with Crippen molar-refractivity contribution in [2.45, 2.75) is 26.4 Å². The number of methoxy groups -OCH3 is 1. The lowest BCUT2D eigenvalue weighted by molar-refractivity contribution is -0.385. The topological polar surface area (TPSA) is 64.4 Å². The van der Waals surface area contributed by atoms with Gasteiger partial charge in [-0.1, -0.05) is 25.4 Å². The van der Waals surface area contributed by atoms with E-state index in [1.807, 2.05) is 0 Å². The lowest BCUT2D eigenvalue weighted by atomic mass is 10.0. The molecule has 0 bridgehead atoms. The fraction of sp³-hybridized carbons (Fsp3) is 0.538. The summed E-state index contributed by atoms with van der Waals surface area (Å²) in [7, 11) is 1.64. The van der Waals surface area contributed by atoms with Crippen molar-refractivity contribution in [1.82, 2.24) is 5.32 Å². The average molecular weight is 287 g/mol. The third kappa shape index (κ3) is 4.78. The molecule has 5 nitrogen and oxygen atoms in total. The molecule has 1 aromatic rings. The summed E-state index contributed by atoms with van der Waals surface area (Å²) in [6.45, 7) is 5.10. The molecule has 0 aliphatic rings. The highest BCUT2D eigenvalue weighted by Gasteiger charge is 2.17. The summed E-state index contributed by atoms with van der Waals surface area (Å²) in [4.78, 5) is 10.6. The molecule has 0 amide bonds. The molecule has 1 aromatic carbocycles. The van der Waals surface area contributed by atoms with Gasteiger partial charge in [0.2, 0.25) is 0 Å². The number of ether oxygens (including phenoxy) is 1. The van der Waals surface area contributed by atoms with E-state index in [2.05, 4.69) is 19.2 Å². The van der Waals surface area contributed by atoms with Crippen LogP contribution in [-0.4, -0.2) is 24.7 Å². The van der Waals surface area contributed by atoms with Crippen LogP contribution in [0.5, 0.6) is 0 Å². The molecule has 0 radical (unpaired) electrons. The van der Waals surface area contributed by atoms with E-state index >= 15 is 0 Å². The van der Waals surface area contributed by atoms with Crippen molar-refractivity contribution in [3.05, 3.63) is 38.9 Å². The highest BCUT2D eigenvalue weighted by molar-refractivity contribution is 6.30. The van der Waals surface area contributed by atoms with E-state index < -0.39 is 4.92 Å². The summed E-state index contributed by atoms with van der Waals surface area (Å²) in [5.74, 6) is 0.373. The maximum absolute atomic E-state index is 10.9. The quantitative estimate of drug-likeness (QED) is 0.618. The molecule has 0 spiro atoms. The van der Waals surface area contributed by atoms with Gasteiger partial charge >= 0.3 is 0 Å². The maximum atomic E-state index is 10.9. The number of nitro groups is 1.